The van der Waals surface area contributed by atoms with E-state index in [9.17, 15) is 4.79 Å². The van der Waals surface area contributed by atoms with E-state index in [0.29, 0.717) is 0 Å². The van der Waals surface area contributed by atoms with E-state index < -0.39 is 0 Å². The molecule has 2 nitrogen and oxygen atoms in total. The van der Waals surface area contributed by atoms with E-state index in [4.69, 9.17) is 11.6 Å². The van der Waals surface area contributed by atoms with Crippen molar-refractivity contribution in [3.63, 3.8) is 0 Å². The molecule has 0 aliphatic carbocycles. The number of carbonyl (C=O) groups excluding carboxylic acids is 1. The summed E-state index contributed by atoms with van der Waals surface area (Å²) in [6.07, 6.45) is 8.38. The zero-order chi connectivity index (χ0) is 14.9. The molecule has 3 heteroatoms. The number of rotatable bonds is 9. The summed E-state index contributed by atoms with van der Waals surface area (Å²) in [4.78, 5) is 11.0. The molecule has 1 atom stereocenters. The van der Waals surface area contributed by atoms with Crippen LogP contribution in [0.1, 0.15) is 66.2 Å². The predicted octanol–water partition coefficient (Wildman–Crippen LogP) is 5.10. The van der Waals surface area contributed by atoms with Gasteiger partial charge in [-0.25, -0.2) is 4.79 Å². The minimum Gasteiger partial charge on any atom is -0.466 e. The van der Waals surface area contributed by atoms with Crippen molar-refractivity contribution in [3.8, 4) is 0 Å². The maximum absolute atomic E-state index is 11.0. The van der Waals surface area contributed by atoms with Crippen LogP contribution in [0.4, 0.5) is 0 Å². The molecule has 0 amide bonds. The molecule has 0 saturated carbocycles. The Morgan fingerprint density at radius 2 is 1.89 bits per heavy atom. The van der Waals surface area contributed by atoms with Crippen LogP contribution in [0.5, 0.6) is 0 Å². The zero-order valence-electron chi connectivity index (χ0n) is 13.1. The molecule has 0 rings (SSSR count). The minimum atomic E-state index is -0.255. The van der Waals surface area contributed by atoms with Crippen molar-refractivity contribution in [3.05, 3.63) is 11.6 Å². The van der Waals surface area contributed by atoms with Gasteiger partial charge in [-0.1, -0.05) is 31.8 Å². The number of carbonyl (C=O) groups is 1. The second kappa shape index (κ2) is 9.41. The van der Waals surface area contributed by atoms with Gasteiger partial charge in [0, 0.05) is 11.0 Å². The average molecular weight is 289 g/mol. The molecule has 0 N–H and O–H groups in total. The van der Waals surface area contributed by atoms with Crippen LogP contribution < -0.4 is 0 Å². The van der Waals surface area contributed by atoms with Crippen LogP contribution in [0.2, 0.25) is 0 Å². The van der Waals surface area contributed by atoms with E-state index in [-0.39, 0.29) is 10.8 Å². The Bertz CT molecular complexity index is 290. The van der Waals surface area contributed by atoms with Gasteiger partial charge < -0.3 is 4.74 Å². The Labute approximate surface area is 123 Å². The Hall–Kier alpha value is -0.500. The lowest BCUT2D eigenvalue weighted by Crippen LogP contribution is -2.10. The highest BCUT2D eigenvalue weighted by Crippen LogP contribution is 2.24. The summed E-state index contributed by atoms with van der Waals surface area (Å²) in [5.41, 5.74) is 1.10. The van der Waals surface area contributed by atoms with Gasteiger partial charge in [-0.05, 0) is 46.0 Å². The Kier molecular flexibility index (Phi) is 9.16. The van der Waals surface area contributed by atoms with Crippen LogP contribution in [0.25, 0.3) is 0 Å². The average Bonchev–Trinajstić information content (AvgIpc) is 2.26. The number of hydrogen-bond acceptors (Lipinski definition) is 2. The van der Waals surface area contributed by atoms with Crippen molar-refractivity contribution in [1.29, 1.82) is 0 Å². The van der Waals surface area contributed by atoms with Crippen LogP contribution in [0.3, 0.4) is 0 Å². The molecule has 0 fully saturated rings. The molecule has 112 valence electrons. The third kappa shape index (κ3) is 12.3. The zero-order valence-corrected chi connectivity index (χ0v) is 13.8. The highest BCUT2D eigenvalue weighted by Gasteiger charge is 2.13. The molecular formula is C16H29ClO2. The van der Waals surface area contributed by atoms with Gasteiger partial charge in [0.05, 0.1) is 7.11 Å². The van der Waals surface area contributed by atoms with E-state index >= 15 is 0 Å². The van der Waals surface area contributed by atoms with Gasteiger partial charge in [-0.15, -0.1) is 11.6 Å². The van der Waals surface area contributed by atoms with Crippen molar-refractivity contribution in [1.82, 2.24) is 0 Å². The monoisotopic (exact) mass is 288 g/mol. The van der Waals surface area contributed by atoms with Crippen molar-refractivity contribution in [2.24, 2.45) is 5.92 Å². The highest BCUT2D eigenvalue weighted by molar-refractivity contribution is 6.23. The Balaban J connectivity index is 3.71. The van der Waals surface area contributed by atoms with Crippen molar-refractivity contribution < 1.29 is 9.53 Å². The molecule has 0 bridgehead atoms. The summed E-state index contributed by atoms with van der Waals surface area (Å²) in [6, 6.07) is 0. The highest BCUT2D eigenvalue weighted by atomic mass is 35.5. The maximum Gasteiger partial charge on any atom is 0.330 e. The second-order valence-electron chi connectivity index (χ2n) is 6.12. The summed E-state index contributed by atoms with van der Waals surface area (Å²) in [6.45, 7) is 8.42. The quantitative estimate of drug-likeness (QED) is 0.335. The van der Waals surface area contributed by atoms with Gasteiger partial charge in [0.1, 0.15) is 0 Å². The molecule has 0 aliphatic heterocycles. The molecule has 0 saturated heterocycles. The fourth-order valence-electron chi connectivity index (χ4n) is 2.08. The lowest BCUT2D eigenvalue weighted by atomic mass is 9.94. The molecule has 0 radical (unpaired) electrons. The lowest BCUT2D eigenvalue weighted by Gasteiger charge is -2.17. The van der Waals surface area contributed by atoms with Crippen LogP contribution >= 0.6 is 11.6 Å². The number of ether oxygens (including phenoxy) is 1. The van der Waals surface area contributed by atoms with Crippen LogP contribution in [-0.2, 0) is 9.53 Å². The van der Waals surface area contributed by atoms with E-state index in [0.717, 1.165) is 30.8 Å². The minimum absolute atomic E-state index is 0.0699. The maximum atomic E-state index is 11.0. The van der Waals surface area contributed by atoms with Crippen molar-refractivity contribution >= 4 is 17.6 Å². The number of halogens is 1. The lowest BCUT2D eigenvalue weighted by molar-refractivity contribution is -0.134. The molecule has 0 aromatic rings. The fraction of sp³-hybridized carbons (Fsp3) is 0.812. The first-order chi connectivity index (χ1) is 8.74. The molecular weight excluding hydrogens is 260 g/mol. The summed E-state index contributed by atoms with van der Waals surface area (Å²) < 4.78 is 4.61. The number of allylic oxidation sites excluding steroid dienone is 1. The Morgan fingerprint density at radius 3 is 2.42 bits per heavy atom. The summed E-state index contributed by atoms with van der Waals surface area (Å²) in [5.74, 6) is 0.472. The third-order valence-electron chi connectivity index (χ3n) is 3.30. The van der Waals surface area contributed by atoms with E-state index in [1.165, 1.54) is 26.4 Å². The largest absolute Gasteiger partial charge is 0.466 e. The summed E-state index contributed by atoms with van der Waals surface area (Å²) >= 11 is 6.17. The summed E-state index contributed by atoms with van der Waals surface area (Å²) in [7, 11) is 1.41. The SMILES string of the molecule is COC(=O)C=C(C)CCCC(C)CCCC(C)(C)Cl. The molecule has 0 spiro atoms. The van der Waals surface area contributed by atoms with Crippen LogP contribution in [0.15, 0.2) is 11.6 Å². The van der Waals surface area contributed by atoms with Crippen molar-refractivity contribution in [2.75, 3.05) is 7.11 Å². The van der Waals surface area contributed by atoms with Gasteiger partial charge >= 0.3 is 5.97 Å². The number of hydrogen-bond donors (Lipinski definition) is 0. The first kappa shape index (κ1) is 18.5. The van der Waals surface area contributed by atoms with E-state index in [1.54, 1.807) is 6.08 Å². The molecule has 19 heavy (non-hydrogen) atoms. The third-order valence-corrected chi connectivity index (χ3v) is 3.49. The van der Waals surface area contributed by atoms with Gasteiger partial charge in [-0.3, -0.25) is 0 Å². The first-order valence-corrected chi connectivity index (χ1v) is 7.56. The fourth-order valence-corrected chi connectivity index (χ4v) is 2.21. The molecule has 1 unspecified atom stereocenters. The second-order valence-corrected chi connectivity index (χ2v) is 7.15. The van der Waals surface area contributed by atoms with E-state index in [2.05, 4.69) is 25.5 Å². The standard InChI is InChI=1S/C16H29ClO2/c1-13(10-7-11-16(3,4)17)8-6-9-14(2)12-15(18)19-5/h12-13H,6-11H2,1-5H3. The summed E-state index contributed by atoms with van der Waals surface area (Å²) in [5, 5.41) is 0. The van der Waals surface area contributed by atoms with E-state index in [1.807, 2.05) is 6.92 Å². The van der Waals surface area contributed by atoms with Crippen molar-refractivity contribution in [2.45, 2.75) is 71.1 Å². The molecule has 0 aliphatic rings. The predicted molar refractivity (Wildman–Crippen MR) is 82.6 cm³/mol. The smallest absolute Gasteiger partial charge is 0.330 e. The van der Waals surface area contributed by atoms with Crippen LogP contribution in [0, 0.1) is 5.92 Å². The molecule has 0 heterocycles. The molecule has 0 aromatic carbocycles. The normalized spacial score (nSPS) is 14.3. The van der Waals surface area contributed by atoms with Gasteiger partial charge in [-0.2, -0.15) is 0 Å². The molecule has 0 aromatic heterocycles. The number of methoxy groups -OCH3 is 1. The number of esters is 1. The van der Waals surface area contributed by atoms with Gasteiger partial charge in [0.25, 0.3) is 0 Å². The van der Waals surface area contributed by atoms with Gasteiger partial charge in [0.15, 0.2) is 0 Å². The Morgan fingerprint density at radius 1 is 1.32 bits per heavy atom. The topological polar surface area (TPSA) is 26.3 Å². The van der Waals surface area contributed by atoms with Gasteiger partial charge in [0.2, 0.25) is 0 Å². The first-order valence-electron chi connectivity index (χ1n) is 7.18. The van der Waals surface area contributed by atoms with Crippen LogP contribution in [-0.4, -0.2) is 18.0 Å². The number of alkyl halides is 1.